The molecule has 0 aliphatic heterocycles. The number of carbonyl (C=O) groups excluding carboxylic acids is 2. The number of hydrogen-bond acceptors (Lipinski definition) is 2. The van der Waals surface area contributed by atoms with Gasteiger partial charge in [-0.05, 0) is 97.4 Å². The van der Waals surface area contributed by atoms with Gasteiger partial charge in [-0.3, -0.25) is 9.59 Å². The summed E-state index contributed by atoms with van der Waals surface area (Å²) in [6.45, 7) is 2.04. The van der Waals surface area contributed by atoms with E-state index in [4.69, 9.17) is 23.2 Å². The van der Waals surface area contributed by atoms with Crippen LogP contribution in [0.1, 0.15) is 31.8 Å². The van der Waals surface area contributed by atoms with Gasteiger partial charge in [0.2, 0.25) is 0 Å². The Morgan fingerprint density at radius 1 is 0.513 bits per heavy atom. The van der Waals surface area contributed by atoms with Crippen molar-refractivity contribution in [2.45, 2.75) is 6.92 Å². The van der Waals surface area contributed by atoms with E-state index >= 15 is 0 Å². The van der Waals surface area contributed by atoms with Gasteiger partial charge in [0.15, 0.2) is 12.1 Å². The third-order valence-electron chi connectivity index (χ3n) is 8.30. The molecule has 0 fully saturated rings. The van der Waals surface area contributed by atoms with E-state index in [1.165, 1.54) is 0 Å². The van der Waals surface area contributed by atoms with Crippen LogP contribution in [0.5, 0.6) is 0 Å². The Kier molecular flexibility index (Phi) is 4.60. The Labute approximate surface area is 233 Å². The molecule has 0 spiro atoms. The minimum atomic E-state index is -0.00971. The Morgan fingerprint density at radius 3 is 1.67 bits per heavy atom. The van der Waals surface area contributed by atoms with Crippen molar-refractivity contribution in [2.24, 2.45) is 0 Å². The summed E-state index contributed by atoms with van der Waals surface area (Å²) >= 11 is 12.5. The third-order valence-corrected chi connectivity index (χ3v) is 8.77. The van der Waals surface area contributed by atoms with Crippen LogP contribution in [0.15, 0.2) is 84.9 Å². The van der Waals surface area contributed by atoms with Gasteiger partial charge in [-0.15, -0.1) is 0 Å². The van der Waals surface area contributed by atoms with Crippen molar-refractivity contribution in [3.05, 3.63) is 117 Å². The molecule has 0 radical (unpaired) electrons. The molecule has 7 aromatic rings. The number of fused-ring (bicyclic) bond motifs is 4. The predicted octanol–water partition coefficient (Wildman–Crippen LogP) is 10.0. The van der Waals surface area contributed by atoms with E-state index in [0.29, 0.717) is 26.7 Å². The third kappa shape index (κ3) is 2.93. The molecule has 0 aromatic heterocycles. The summed E-state index contributed by atoms with van der Waals surface area (Å²) < 4.78 is 0. The molecule has 1 aliphatic rings. The molecule has 0 saturated carbocycles. The van der Waals surface area contributed by atoms with Crippen molar-refractivity contribution in [3.8, 4) is 22.3 Å². The summed E-state index contributed by atoms with van der Waals surface area (Å²) in [6, 6.07) is 27.9. The van der Waals surface area contributed by atoms with Gasteiger partial charge in [0, 0.05) is 37.5 Å². The summed E-state index contributed by atoms with van der Waals surface area (Å²) in [5, 5.41) is 9.51. The van der Waals surface area contributed by atoms with Crippen LogP contribution >= 0.6 is 23.2 Å². The summed E-state index contributed by atoms with van der Waals surface area (Å²) in [5.74, 6) is -0.00971. The maximum atomic E-state index is 13.6. The first-order valence-electron chi connectivity index (χ1n) is 12.7. The van der Waals surface area contributed by atoms with Gasteiger partial charge in [0.1, 0.15) is 0 Å². The highest BCUT2D eigenvalue weighted by molar-refractivity contribution is 6.40. The fourth-order valence-electron chi connectivity index (χ4n) is 6.67. The van der Waals surface area contributed by atoms with Crippen LogP contribution in [0.25, 0.3) is 65.3 Å². The molecule has 7 aromatic carbocycles. The second-order valence-corrected chi connectivity index (χ2v) is 11.2. The first-order valence-corrected chi connectivity index (χ1v) is 13.5. The molecule has 0 atom stereocenters. The van der Waals surface area contributed by atoms with Crippen LogP contribution in [0, 0.1) is 6.92 Å². The Balaban J connectivity index is 1.57. The first-order chi connectivity index (χ1) is 19.0. The van der Waals surface area contributed by atoms with E-state index in [1.807, 2.05) is 55.5 Å². The van der Waals surface area contributed by atoms with Gasteiger partial charge in [-0.1, -0.05) is 77.8 Å². The lowest BCUT2D eigenvalue weighted by Gasteiger charge is -2.24. The smallest absolute Gasteiger partial charge is 0.194 e. The van der Waals surface area contributed by atoms with Gasteiger partial charge in [0.05, 0.1) is 0 Å². The summed E-state index contributed by atoms with van der Waals surface area (Å²) in [6.07, 6.45) is 0.939. The molecule has 0 saturated heterocycles. The van der Waals surface area contributed by atoms with Crippen LogP contribution in [0.2, 0.25) is 10.0 Å². The Bertz CT molecular complexity index is 2220. The number of aryl methyl sites for hydroxylation is 1. The van der Waals surface area contributed by atoms with Crippen molar-refractivity contribution >= 4 is 78.4 Å². The number of carbonyl (C=O) groups is 2. The fourth-order valence-corrected chi connectivity index (χ4v) is 7.06. The molecular formula is C35H18Cl2O2. The molecule has 1 aliphatic carbocycles. The van der Waals surface area contributed by atoms with Gasteiger partial charge >= 0.3 is 0 Å². The van der Waals surface area contributed by atoms with E-state index < -0.39 is 0 Å². The van der Waals surface area contributed by atoms with Crippen LogP contribution in [-0.2, 0) is 0 Å². The number of rotatable bonds is 2. The van der Waals surface area contributed by atoms with Crippen molar-refractivity contribution in [3.63, 3.8) is 0 Å². The minimum Gasteiger partial charge on any atom is -0.298 e. The molecule has 39 heavy (non-hydrogen) atoms. The highest BCUT2D eigenvalue weighted by Crippen LogP contribution is 2.49. The zero-order valence-electron chi connectivity index (χ0n) is 20.7. The van der Waals surface area contributed by atoms with E-state index in [1.54, 1.807) is 6.07 Å². The summed E-state index contributed by atoms with van der Waals surface area (Å²) in [4.78, 5) is 26.0. The SMILES string of the molecule is Cc1cc(Cl)ccc1-c1ccc2c3ccc4c5c(ccc(c6ccc(C=O)c1c26)c53)-c1ccc(Cl)cc1C4=O. The van der Waals surface area contributed by atoms with Crippen molar-refractivity contribution in [1.29, 1.82) is 0 Å². The lowest BCUT2D eigenvalue weighted by molar-refractivity contribution is 0.103. The molecule has 8 rings (SSSR count). The van der Waals surface area contributed by atoms with E-state index in [9.17, 15) is 9.59 Å². The quantitative estimate of drug-likeness (QED) is 0.124. The van der Waals surface area contributed by atoms with Crippen molar-refractivity contribution < 1.29 is 9.59 Å². The molecular weight excluding hydrogens is 523 g/mol. The molecule has 0 heterocycles. The van der Waals surface area contributed by atoms with Crippen LogP contribution in [0.4, 0.5) is 0 Å². The van der Waals surface area contributed by atoms with E-state index in [2.05, 4.69) is 30.3 Å². The average molecular weight is 541 g/mol. The first kappa shape index (κ1) is 22.7. The molecule has 0 amide bonds. The lowest BCUT2D eigenvalue weighted by atomic mass is 9.78. The summed E-state index contributed by atoms with van der Waals surface area (Å²) in [5.41, 5.74) is 7.01. The van der Waals surface area contributed by atoms with E-state index in [-0.39, 0.29) is 5.78 Å². The maximum absolute atomic E-state index is 13.6. The topological polar surface area (TPSA) is 34.1 Å². The van der Waals surface area contributed by atoms with Gasteiger partial charge in [-0.2, -0.15) is 0 Å². The van der Waals surface area contributed by atoms with E-state index in [0.717, 1.165) is 77.2 Å². The number of halogens is 2. The lowest BCUT2D eigenvalue weighted by Crippen LogP contribution is -2.10. The van der Waals surface area contributed by atoms with Crippen LogP contribution in [-0.4, -0.2) is 12.1 Å². The normalized spacial score (nSPS) is 12.6. The number of hydrogen-bond donors (Lipinski definition) is 0. The highest BCUT2D eigenvalue weighted by Gasteiger charge is 2.28. The van der Waals surface area contributed by atoms with Gasteiger partial charge in [0.25, 0.3) is 0 Å². The second kappa shape index (κ2) is 7.89. The Morgan fingerprint density at radius 2 is 1.03 bits per heavy atom. The number of benzene rings is 7. The molecule has 184 valence electrons. The zero-order valence-corrected chi connectivity index (χ0v) is 22.2. The van der Waals surface area contributed by atoms with Crippen molar-refractivity contribution in [1.82, 2.24) is 0 Å². The fraction of sp³-hybridized carbons (Fsp3) is 0.0286. The molecule has 0 N–H and O–H groups in total. The zero-order chi connectivity index (χ0) is 26.6. The van der Waals surface area contributed by atoms with Gasteiger partial charge in [-0.25, -0.2) is 0 Å². The highest BCUT2D eigenvalue weighted by atomic mass is 35.5. The van der Waals surface area contributed by atoms with Crippen LogP contribution in [0.3, 0.4) is 0 Å². The number of ketones is 1. The maximum Gasteiger partial charge on any atom is 0.194 e. The van der Waals surface area contributed by atoms with Gasteiger partial charge < -0.3 is 0 Å². The standard InChI is InChI=1S/C35H18Cl2O2/c1-17-14-19(36)3-6-21(17)23-8-10-26-28-12-13-29-34-24(22-7-4-20(37)15-30(22)35(29)39)9-11-27(33(28)34)25-5-2-18(16-38)31(23)32(25)26/h2-16H,1H3. The molecule has 2 nitrogen and oxygen atoms in total. The second-order valence-electron chi connectivity index (χ2n) is 10.3. The van der Waals surface area contributed by atoms with Crippen LogP contribution < -0.4 is 0 Å². The molecule has 4 heteroatoms. The molecule has 0 unspecified atom stereocenters. The monoisotopic (exact) mass is 540 g/mol. The predicted molar refractivity (Wildman–Crippen MR) is 162 cm³/mol. The largest absolute Gasteiger partial charge is 0.298 e. The molecule has 0 bridgehead atoms. The average Bonchev–Trinajstić information content (AvgIpc) is 2.94. The minimum absolute atomic E-state index is 0.00971. The Hall–Kier alpha value is -4.24. The van der Waals surface area contributed by atoms with Crippen molar-refractivity contribution in [2.75, 3.05) is 0 Å². The summed E-state index contributed by atoms with van der Waals surface area (Å²) in [7, 11) is 0. The number of aldehydes is 1.